The van der Waals surface area contributed by atoms with Crippen molar-refractivity contribution in [1.82, 2.24) is 0 Å². The lowest BCUT2D eigenvalue weighted by Crippen LogP contribution is -2.30. The Hall–Kier alpha value is -16.0. The maximum absolute atomic E-state index is 15.1. The van der Waals surface area contributed by atoms with Gasteiger partial charge in [0.05, 0.1) is 66.1 Å². The molecule has 13 aromatic carbocycles. The summed E-state index contributed by atoms with van der Waals surface area (Å²) in [4.78, 5) is 0. The number of fused-ring (bicyclic) bond motifs is 15. The molecule has 10 nitrogen and oxygen atoms in total. The Kier molecular flexibility index (Phi) is 23.0. The minimum Gasteiger partial charge on any atom is -0.455 e. The summed E-state index contributed by atoms with van der Waals surface area (Å²) in [6.45, 7) is 13.5. The number of pyridine rings is 5. The normalized spacial score (nSPS) is 11.5. The number of benzene rings is 13. The van der Waals surface area contributed by atoms with Crippen LogP contribution in [0.2, 0.25) is 0 Å². The van der Waals surface area contributed by atoms with E-state index < -0.39 is 29.1 Å². The average Bonchev–Trinajstić information content (AvgIpc) is 1.27. The van der Waals surface area contributed by atoms with Gasteiger partial charge in [-0.15, -0.1) is 0 Å². The highest BCUT2D eigenvalue weighted by Crippen LogP contribution is 2.49. The zero-order valence-corrected chi connectivity index (χ0v) is 75.1. The third-order valence-corrected chi connectivity index (χ3v) is 25.1. The number of aryl methyl sites for hydroxylation is 12. The zero-order chi connectivity index (χ0) is 93.5. The molecule has 134 heavy (non-hydrogen) atoms. The first-order valence-electron chi connectivity index (χ1n) is 43.6. The van der Waals surface area contributed by atoms with E-state index in [-0.39, 0.29) is 40.0 Å². The van der Waals surface area contributed by atoms with Gasteiger partial charge in [0.2, 0.25) is 28.5 Å². The molecule has 23 rings (SSSR count). The van der Waals surface area contributed by atoms with E-state index in [0.717, 1.165) is 124 Å². The Balaban J connectivity index is 0.000000108. The quantitative estimate of drug-likeness (QED) is 0.112. The number of halogens is 9. The van der Waals surface area contributed by atoms with Crippen LogP contribution in [0.5, 0.6) is 0 Å². The summed E-state index contributed by atoms with van der Waals surface area (Å²) in [5, 5.41) is 5.89. The SMILES string of the molecule is Cc1cc(C)c2c(oc3cc(F)cc(F)c32)c1-c1cccc[n+]1C.Cc1cc(F)c2c(oc3c(-c4ccccc4)c(F)ccc32)c1-c1cccc[n+]1C.Cc1cc(F)c2c(oc3cc(F)cc(C)c32)c1-c1cccc[n+]1C.Cc1ccc2c(oc3c(-c4ccccc4)c(F)cc(F)c32)c1-c1cccc[n+]1C.Cc1ccc2c(oc3c(-c4ccccc4)c(F)ccc32)c1-c1cccc[n+]1C. The van der Waals surface area contributed by atoms with E-state index >= 15 is 4.39 Å². The standard InChI is InChI=1S/2C25H18F2NO.C25H19FNO.2C20H16F2NO/c1-15-14-19(27)23-17-11-12-18(26)22(16-8-4-3-5-9-16)24(17)29-25(23)21(15)20-10-6-7-13-28(20)2;1-15-11-12-17-23-19(27)14-18(26)22(16-8-4-3-5-9-16)25(23)29-24(17)21(15)20-10-6-7-13-28(20)2;1-16-11-12-18-19-13-14-20(26)23(17-8-4-3-5-9-17)25(19)28-24(18)22(16)21-10-6-7-15-27(21)2;1-11-8-13(21)10-16-18(11)19-14(22)9-12(2)17(20(19)24-16)15-6-4-5-7-23(15)3;1-11-8-12(2)18-19-14(22)9-13(21)10-16(19)24-20(18)17(11)15-6-4-5-7-23(15)3/h2*3-14H,1-2H3;3-15H,1-2H3;2*4-10H,1-3H3/q5*+1. The van der Waals surface area contributed by atoms with E-state index in [1.54, 1.807) is 25.1 Å². The van der Waals surface area contributed by atoms with Crippen molar-refractivity contribution in [2.75, 3.05) is 0 Å². The minimum absolute atomic E-state index is 0.231. The molecule has 0 radical (unpaired) electrons. The molecule has 0 unspecified atom stereocenters. The molecule has 0 amide bonds. The van der Waals surface area contributed by atoms with Crippen LogP contribution in [0.3, 0.4) is 0 Å². The van der Waals surface area contributed by atoms with Crippen LogP contribution in [0.25, 0.3) is 199 Å². The molecule has 0 spiro atoms. The molecule has 0 aliphatic heterocycles. The first kappa shape index (κ1) is 87.3. The Bertz CT molecular complexity index is 8480. The Morgan fingerprint density at radius 2 is 0.478 bits per heavy atom. The first-order valence-corrected chi connectivity index (χ1v) is 43.6. The van der Waals surface area contributed by atoms with Gasteiger partial charge in [0, 0.05) is 117 Å². The van der Waals surface area contributed by atoms with Gasteiger partial charge in [0.1, 0.15) is 132 Å². The van der Waals surface area contributed by atoms with Crippen molar-refractivity contribution in [1.29, 1.82) is 0 Å². The molecule has 10 heterocycles. The van der Waals surface area contributed by atoms with E-state index in [1.165, 1.54) is 42.5 Å². The van der Waals surface area contributed by atoms with Crippen LogP contribution in [-0.4, -0.2) is 0 Å². The molecule has 10 aromatic heterocycles. The van der Waals surface area contributed by atoms with Crippen molar-refractivity contribution < 1.29 is 84.4 Å². The fourth-order valence-corrected chi connectivity index (χ4v) is 18.9. The lowest BCUT2D eigenvalue weighted by atomic mass is 9.97. The van der Waals surface area contributed by atoms with Gasteiger partial charge < -0.3 is 22.1 Å². The highest BCUT2D eigenvalue weighted by Gasteiger charge is 2.32. The third kappa shape index (κ3) is 15.5. The van der Waals surface area contributed by atoms with Crippen LogP contribution >= 0.6 is 0 Å². The highest BCUT2D eigenvalue weighted by molar-refractivity contribution is 6.18. The molecule has 0 atom stereocenters. The molecular formula is C115H87F9N5O5+5. The molecule has 0 bridgehead atoms. The van der Waals surface area contributed by atoms with Gasteiger partial charge in [-0.05, 0) is 177 Å². The van der Waals surface area contributed by atoms with Gasteiger partial charge in [-0.25, -0.2) is 62.3 Å². The second kappa shape index (κ2) is 35.4. The lowest BCUT2D eigenvalue weighted by molar-refractivity contribution is -0.660. The van der Waals surface area contributed by atoms with Gasteiger partial charge >= 0.3 is 0 Å². The summed E-state index contributed by atoms with van der Waals surface area (Å²) in [5.41, 5.74) is 23.4. The topological polar surface area (TPSA) is 85.1 Å². The summed E-state index contributed by atoms with van der Waals surface area (Å²) in [6, 6.07) is 82.5. The number of aromatic nitrogens is 5. The smallest absolute Gasteiger partial charge is 0.216 e. The fourth-order valence-electron chi connectivity index (χ4n) is 18.9. The largest absolute Gasteiger partial charge is 0.455 e. The van der Waals surface area contributed by atoms with E-state index in [0.29, 0.717) is 110 Å². The van der Waals surface area contributed by atoms with Gasteiger partial charge in [-0.3, -0.25) is 0 Å². The molecule has 0 saturated heterocycles. The lowest BCUT2D eigenvalue weighted by Gasteiger charge is -2.07. The van der Waals surface area contributed by atoms with Crippen LogP contribution in [-0.2, 0) is 35.2 Å². The van der Waals surface area contributed by atoms with E-state index in [2.05, 4.69) is 29.7 Å². The number of furan rings is 5. The first-order chi connectivity index (χ1) is 64.7. The summed E-state index contributed by atoms with van der Waals surface area (Å²) in [6.07, 6.45) is 9.78. The molecule has 23 aromatic rings. The molecule has 0 aliphatic rings. The van der Waals surface area contributed by atoms with E-state index in [1.807, 2.05) is 307 Å². The van der Waals surface area contributed by atoms with Gasteiger partial charge in [0.25, 0.3) is 0 Å². The van der Waals surface area contributed by atoms with Crippen molar-refractivity contribution in [3.05, 3.63) is 401 Å². The number of hydrogen-bond acceptors (Lipinski definition) is 5. The van der Waals surface area contributed by atoms with Crippen molar-refractivity contribution in [2.45, 2.75) is 48.5 Å². The second-order valence-corrected chi connectivity index (χ2v) is 33.8. The van der Waals surface area contributed by atoms with Crippen LogP contribution in [0.4, 0.5) is 39.5 Å². The summed E-state index contributed by atoms with van der Waals surface area (Å²) in [5.74, 6) is -4.27. The number of hydrogen-bond donors (Lipinski definition) is 0. The molecule has 0 aliphatic carbocycles. The monoisotopic (exact) mass is 1790 g/mol. The Labute approximate surface area is 764 Å². The van der Waals surface area contributed by atoms with Gasteiger partial charge in [-0.2, -0.15) is 0 Å². The van der Waals surface area contributed by atoms with Crippen LogP contribution in [0.15, 0.2) is 332 Å². The van der Waals surface area contributed by atoms with Crippen LogP contribution in [0, 0.1) is 101 Å². The molecule has 0 fully saturated rings. The Morgan fingerprint density at radius 3 is 0.910 bits per heavy atom. The highest BCUT2D eigenvalue weighted by atomic mass is 19.2. The Morgan fingerprint density at radius 1 is 0.187 bits per heavy atom. The van der Waals surface area contributed by atoms with Crippen molar-refractivity contribution in [2.24, 2.45) is 35.2 Å². The van der Waals surface area contributed by atoms with E-state index in [9.17, 15) is 35.1 Å². The second-order valence-electron chi connectivity index (χ2n) is 33.8. The molecule has 660 valence electrons. The maximum Gasteiger partial charge on any atom is 0.216 e. The van der Waals surface area contributed by atoms with Crippen molar-refractivity contribution >= 4 is 110 Å². The molecule has 0 saturated carbocycles. The van der Waals surface area contributed by atoms with E-state index in [4.69, 9.17) is 22.1 Å². The van der Waals surface area contributed by atoms with Crippen molar-refractivity contribution in [3.8, 4) is 89.7 Å². The molecule has 0 N–H and O–H groups in total. The van der Waals surface area contributed by atoms with Crippen molar-refractivity contribution in [3.63, 3.8) is 0 Å². The molecule has 19 heteroatoms. The average molecular weight is 1790 g/mol. The summed E-state index contributed by atoms with van der Waals surface area (Å²) in [7, 11) is 9.78. The number of nitrogens with zero attached hydrogens (tertiary/aromatic N) is 5. The predicted molar refractivity (Wildman–Crippen MR) is 511 cm³/mol. The minimum atomic E-state index is -0.639. The van der Waals surface area contributed by atoms with Crippen LogP contribution in [0.1, 0.15) is 38.9 Å². The van der Waals surface area contributed by atoms with Gasteiger partial charge in [0.15, 0.2) is 42.2 Å². The number of rotatable bonds is 8. The fraction of sp³-hybridized carbons (Fsp3) is 0.104. The summed E-state index contributed by atoms with van der Waals surface area (Å²) >= 11 is 0. The third-order valence-electron chi connectivity index (χ3n) is 25.1. The maximum atomic E-state index is 15.1. The predicted octanol–water partition coefficient (Wildman–Crippen LogP) is 28.8. The van der Waals surface area contributed by atoms with Crippen LogP contribution < -0.4 is 22.8 Å². The van der Waals surface area contributed by atoms with Gasteiger partial charge in [-0.1, -0.05) is 121 Å². The zero-order valence-electron chi connectivity index (χ0n) is 75.1. The molecular weight excluding hydrogens is 1700 g/mol. The summed E-state index contributed by atoms with van der Waals surface area (Å²) < 4.78 is 172.